The molecule has 1 fully saturated rings. The highest BCUT2D eigenvalue weighted by Gasteiger charge is 2.47. The number of nitrogens with zero attached hydrogens (tertiary/aromatic N) is 3. The molecule has 1 rings (SSSR count). The number of imide groups is 1. The number of hydrogen-bond donors (Lipinski definition) is 1. The van der Waals surface area contributed by atoms with Crippen molar-refractivity contribution < 1.29 is 14.6 Å². The average molecular weight is 293 g/mol. The molecule has 6 heteroatoms. The van der Waals surface area contributed by atoms with E-state index in [9.17, 15) is 14.9 Å². The van der Waals surface area contributed by atoms with E-state index in [0.717, 1.165) is 17.7 Å². The summed E-state index contributed by atoms with van der Waals surface area (Å²) >= 11 is 0. The summed E-state index contributed by atoms with van der Waals surface area (Å²) in [6.07, 6.45) is 5.63. The molecule has 2 atom stereocenters. The molecule has 0 aromatic rings. The molecule has 21 heavy (non-hydrogen) atoms. The Bertz CT molecular complexity index is 467. The predicted molar refractivity (Wildman–Crippen MR) is 79.2 cm³/mol. The zero-order chi connectivity index (χ0) is 16.0. The average Bonchev–Trinajstić information content (AvgIpc) is 2.47. The zero-order valence-corrected chi connectivity index (χ0v) is 13.3. The highest BCUT2D eigenvalue weighted by Crippen LogP contribution is 2.13. The fourth-order valence-electron chi connectivity index (χ4n) is 2.43. The summed E-state index contributed by atoms with van der Waals surface area (Å²) in [6, 6.07) is 1.70. The Hall–Kier alpha value is -1.90. The molecule has 0 radical (unpaired) electrons. The van der Waals surface area contributed by atoms with Crippen LogP contribution in [0.15, 0.2) is 0 Å². The minimum atomic E-state index is -0.934. The third kappa shape index (κ3) is 4.03. The van der Waals surface area contributed by atoms with Crippen LogP contribution in [-0.2, 0) is 4.79 Å². The molecule has 2 unspecified atom stereocenters. The summed E-state index contributed by atoms with van der Waals surface area (Å²) < 4.78 is 0. The molecular weight excluding hydrogens is 268 g/mol. The monoisotopic (exact) mass is 293 g/mol. The van der Waals surface area contributed by atoms with Crippen molar-refractivity contribution in [3.63, 3.8) is 0 Å². The molecule has 116 valence electrons. The molecule has 1 N–H and O–H groups in total. The molecule has 0 bridgehead atoms. The summed E-state index contributed by atoms with van der Waals surface area (Å²) in [6.45, 7) is 4.17. The maximum Gasteiger partial charge on any atom is 0.417 e. The van der Waals surface area contributed by atoms with Gasteiger partial charge in [-0.25, -0.2) is 9.69 Å². The first-order valence-corrected chi connectivity index (χ1v) is 7.52. The number of nitrogens with one attached hydrogen (secondary N) is 1. The fraction of sp³-hybridized carbons (Fsp3) is 0.733. The van der Waals surface area contributed by atoms with Crippen LogP contribution in [0.5, 0.6) is 0 Å². The zero-order valence-electron chi connectivity index (χ0n) is 13.3. The van der Waals surface area contributed by atoms with Crippen molar-refractivity contribution in [2.75, 3.05) is 14.1 Å². The Morgan fingerprint density at radius 2 is 1.90 bits per heavy atom. The number of unbranched alkanes of at least 4 members (excludes halogenated alkanes) is 3. The van der Waals surface area contributed by atoms with Crippen LogP contribution in [0, 0.1) is 17.2 Å². The van der Waals surface area contributed by atoms with Gasteiger partial charge < -0.3 is 0 Å². The predicted octanol–water partition coefficient (Wildman–Crippen LogP) is 0.488. The molecule has 1 heterocycles. The van der Waals surface area contributed by atoms with Gasteiger partial charge in [0.15, 0.2) is 0 Å². The van der Waals surface area contributed by atoms with E-state index in [4.69, 9.17) is 0 Å². The molecule has 0 saturated carbocycles. The topological polar surface area (TPSA) is 78.4 Å². The highest BCUT2D eigenvalue weighted by atomic mass is 16.2. The fourth-order valence-corrected chi connectivity index (χ4v) is 2.43. The summed E-state index contributed by atoms with van der Waals surface area (Å²) in [7, 11) is 2.98. The molecule has 1 aliphatic rings. The van der Waals surface area contributed by atoms with E-state index < -0.39 is 17.9 Å². The maximum absolute atomic E-state index is 12.0. The van der Waals surface area contributed by atoms with Crippen LogP contribution >= 0.6 is 0 Å². The first-order chi connectivity index (χ1) is 9.93. The van der Waals surface area contributed by atoms with Gasteiger partial charge in [0.2, 0.25) is 5.92 Å². The SMILES string of the molecule is CCCCCCC(C)[NH+]=C1C(C#N)C(=O)N(C)C(=O)N1C. The molecule has 0 aromatic carbocycles. The molecule has 0 spiro atoms. The highest BCUT2D eigenvalue weighted by molar-refractivity contribution is 6.17. The number of carbonyl (C=O) groups excluding carboxylic acids is 2. The van der Waals surface area contributed by atoms with E-state index in [-0.39, 0.29) is 6.04 Å². The van der Waals surface area contributed by atoms with Crippen LogP contribution in [0.2, 0.25) is 0 Å². The van der Waals surface area contributed by atoms with Crippen molar-refractivity contribution in [1.82, 2.24) is 9.80 Å². The Labute approximate surface area is 126 Å². The third-order valence-electron chi connectivity index (χ3n) is 3.80. The lowest BCUT2D eigenvalue weighted by atomic mass is 10.0. The van der Waals surface area contributed by atoms with Crippen molar-refractivity contribution in [2.24, 2.45) is 5.92 Å². The van der Waals surface area contributed by atoms with Crippen LogP contribution < -0.4 is 4.99 Å². The van der Waals surface area contributed by atoms with E-state index >= 15 is 0 Å². The van der Waals surface area contributed by atoms with Gasteiger partial charge in [0.25, 0.3) is 11.7 Å². The third-order valence-corrected chi connectivity index (χ3v) is 3.80. The van der Waals surface area contributed by atoms with Gasteiger partial charge in [-0.15, -0.1) is 0 Å². The van der Waals surface area contributed by atoms with Crippen molar-refractivity contribution >= 4 is 17.8 Å². The van der Waals surface area contributed by atoms with Gasteiger partial charge >= 0.3 is 6.03 Å². The summed E-state index contributed by atoms with van der Waals surface area (Å²) in [5.41, 5.74) is 0. The molecule has 1 aliphatic heterocycles. The van der Waals surface area contributed by atoms with E-state index in [1.165, 1.54) is 31.2 Å². The van der Waals surface area contributed by atoms with Crippen LogP contribution in [0.4, 0.5) is 4.79 Å². The summed E-state index contributed by atoms with van der Waals surface area (Å²) in [4.78, 5) is 29.5. The van der Waals surface area contributed by atoms with Gasteiger partial charge in [0.1, 0.15) is 0 Å². The van der Waals surface area contributed by atoms with Crippen LogP contribution in [-0.4, -0.2) is 47.7 Å². The second-order valence-corrected chi connectivity index (χ2v) is 5.58. The lowest BCUT2D eigenvalue weighted by Crippen LogP contribution is -2.84. The van der Waals surface area contributed by atoms with Gasteiger partial charge in [-0.2, -0.15) is 10.2 Å². The Kier molecular flexibility index (Phi) is 6.35. The number of carbonyl (C=O) groups is 2. The van der Waals surface area contributed by atoms with Crippen molar-refractivity contribution in [3.05, 3.63) is 0 Å². The smallest absolute Gasteiger partial charge is 0.274 e. The van der Waals surface area contributed by atoms with Gasteiger partial charge in [0.05, 0.1) is 19.2 Å². The van der Waals surface area contributed by atoms with Crippen LogP contribution in [0.25, 0.3) is 0 Å². The minimum absolute atomic E-state index is 0.124. The van der Waals surface area contributed by atoms with Gasteiger partial charge in [-0.05, 0) is 19.8 Å². The Morgan fingerprint density at radius 3 is 2.48 bits per heavy atom. The molecule has 0 aliphatic carbocycles. The molecular formula is C15H25N4O2+. The van der Waals surface area contributed by atoms with E-state index in [0.29, 0.717) is 5.84 Å². The normalized spacial score (nSPS) is 22.6. The molecule has 6 nitrogen and oxygen atoms in total. The second-order valence-electron chi connectivity index (χ2n) is 5.58. The first kappa shape index (κ1) is 17.2. The van der Waals surface area contributed by atoms with Gasteiger partial charge in [-0.3, -0.25) is 9.79 Å². The summed E-state index contributed by atoms with van der Waals surface area (Å²) in [5.74, 6) is -1.01. The maximum atomic E-state index is 12.0. The van der Waals surface area contributed by atoms with E-state index in [1.807, 2.05) is 13.0 Å². The largest absolute Gasteiger partial charge is 0.417 e. The number of nitriles is 1. The second kappa shape index (κ2) is 7.77. The van der Waals surface area contributed by atoms with Gasteiger partial charge in [-0.1, -0.05) is 26.2 Å². The van der Waals surface area contributed by atoms with E-state index in [1.54, 1.807) is 7.05 Å². The van der Waals surface area contributed by atoms with Gasteiger partial charge in [0, 0.05) is 7.05 Å². The molecule has 3 amide bonds. The number of amides is 3. The number of rotatable bonds is 6. The first-order valence-electron chi connectivity index (χ1n) is 7.52. The lowest BCUT2D eigenvalue weighted by Gasteiger charge is -2.27. The molecule has 0 aromatic heterocycles. The number of urea groups is 1. The van der Waals surface area contributed by atoms with Crippen LogP contribution in [0.1, 0.15) is 46.0 Å². The van der Waals surface area contributed by atoms with Crippen LogP contribution in [0.3, 0.4) is 0 Å². The lowest BCUT2D eigenvalue weighted by molar-refractivity contribution is -0.506. The minimum Gasteiger partial charge on any atom is -0.274 e. The summed E-state index contributed by atoms with van der Waals surface area (Å²) in [5, 5.41) is 9.22. The Balaban J connectivity index is 2.81. The van der Waals surface area contributed by atoms with Crippen molar-refractivity contribution in [2.45, 2.75) is 52.0 Å². The number of hydrogen-bond acceptors (Lipinski definition) is 3. The molecule has 1 saturated heterocycles. The van der Waals surface area contributed by atoms with Crippen molar-refractivity contribution in [1.29, 1.82) is 5.26 Å². The van der Waals surface area contributed by atoms with E-state index in [2.05, 4.69) is 11.9 Å². The Morgan fingerprint density at radius 1 is 1.24 bits per heavy atom. The number of amidine groups is 1. The van der Waals surface area contributed by atoms with Crippen molar-refractivity contribution in [3.8, 4) is 6.07 Å². The quantitative estimate of drug-likeness (QED) is 0.724. The standard InChI is InChI=1S/C15H24N4O2/c1-5-6-7-8-9-11(2)17-13-12(10-16)14(20)19(4)15(21)18(13)3/h11-12H,5-9H2,1-4H3/p+1.